The van der Waals surface area contributed by atoms with Crippen molar-refractivity contribution in [3.05, 3.63) is 80.9 Å². The Morgan fingerprint density at radius 1 is 0.903 bits per heavy atom. The summed E-state index contributed by atoms with van der Waals surface area (Å²) in [5.74, 6) is 0. The van der Waals surface area contributed by atoms with Crippen LogP contribution in [0.4, 0.5) is 28.4 Å². The van der Waals surface area contributed by atoms with E-state index in [-0.39, 0.29) is 52.2 Å². The van der Waals surface area contributed by atoms with Gasteiger partial charge in [0.1, 0.15) is 15.8 Å². The van der Waals surface area contributed by atoms with Crippen LogP contribution in [0.25, 0.3) is 11.1 Å². The van der Waals surface area contributed by atoms with Crippen molar-refractivity contribution in [2.45, 2.75) is 4.90 Å². The van der Waals surface area contributed by atoms with Gasteiger partial charge >= 0.3 is 29.6 Å². The molecule has 3 aromatic rings. The number of non-ortho nitro benzene ring substituents is 1. The molecule has 154 valence electrons. The molecule has 0 aliphatic heterocycles. The van der Waals surface area contributed by atoms with Crippen molar-refractivity contribution in [2.24, 2.45) is 0 Å². The van der Waals surface area contributed by atoms with Crippen LogP contribution in [0.15, 0.2) is 65.6 Å². The largest absolute Gasteiger partial charge is 1.00 e. The second kappa shape index (κ2) is 9.41. The van der Waals surface area contributed by atoms with E-state index < -0.39 is 36.2 Å². The SMILES string of the molecule is Nc1cc(Nc2ccc([N+](=O)[O-])cc2[N+](=O)[O-])cc(S(=O)(=O)[O-])c1-c1ccccc1.[Na+]. The third-order valence-corrected chi connectivity index (χ3v) is 4.99. The molecule has 0 unspecified atom stereocenters. The maximum Gasteiger partial charge on any atom is 1.00 e. The van der Waals surface area contributed by atoms with E-state index in [9.17, 15) is 33.2 Å². The molecular weight excluding hydrogens is 439 g/mol. The Hall–Kier alpha value is -3.03. The Labute approximate surface area is 198 Å². The van der Waals surface area contributed by atoms with Crippen molar-refractivity contribution in [2.75, 3.05) is 11.1 Å². The smallest absolute Gasteiger partial charge is 0.744 e. The van der Waals surface area contributed by atoms with Gasteiger partial charge in [-0.25, -0.2) is 8.42 Å². The van der Waals surface area contributed by atoms with Crippen LogP contribution < -0.4 is 40.6 Å². The number of benzene rings is 3. The topological polar surface area (TPSA) is 182 Å². The first-order valence-electron chi connectivity index (χ1n) is 8.22. The van der Waals surface area contributed by atoms with E-state index in [0.29, 0.717) is 5.56 Å². The molecule has 0 fully saturated rings. The van der Waals surface area contributed by atoms with E-state index >= 15 is 0 Å². The van der Waals surface area contributed by atoms with Gasteiger partial charge in [-0.05, 0) is 23.8 Å². The van der Waals surface area contributed by atoms with E-state index in [0.717, 1.165) is 24.3 Å². The molecule has 0 saturated heterocycles. The summed E-state index contributed by atoms with van der Waals surface area (Å²) < 4.78 is 35.6. The molecule has 0 aliphatic carbocycles. The number of nitrogens with zero attached hydrogens (tertiary/aromatic N) is 2. The zero-order valence-corrected chi connectivity index (χ0v) is 18.8. The van der Waals surface area contributed by atoms with Crippen LogP contribution in [0.3, 0.4) is 0 Å². The molecule has 3 aromatic carbocycles. The van der Waals surface area contributed by atoms with Crippen molar-refractivity contribution in [3.8, 4) is 11.1 Å². The van der Waals surface area contributed by atoms with Crippen molar-refractivity contribution < 1.29 is 52.4 Å². The predicted molar refractivity (Wildman–Crippen MR) is 107 cm³/mol. The zero-order valence-electron chi connectivity index (χ0n) is 16.0. The Morgan fingerprint density at radius 2 is 1.55 bits per heavy atom. The average Bonchev–Trinajstić information content (AvgIpc) is 2.67. The molecule has 0 heterocycles. The summed E-state index contributed by atoms with van der Waals surface area (Å²) in [5.41, 5.74) is 5.09. The molecule has 0 bridgehead atoms. The summed E-state index contributed by atoms with van der Waals surface area (Å²) >= 11 is 0. The summed E-state index contributed by atoms with van der Waals surface area (Å²) in [7, 11) is -4.96. The summed E-state index contributed by atoms with van der Waals surface area (Å²) in [6.45, 7) is 0. The van der Waals surface area contributed by atoms with Gasteiger partial charge in [0.2, 0.25) is 0 Å². The first kappa shape index (κ1) is 24.2. The van der Waals surface area contributed by atoms with Crippen LogP contribution in [-0.2, 0) is 10.1 Å². The minimum Gasteiger partial charge on any atom is -0.744 e. The van der Waals surface area contributed by atoms with E-state index in [1.807, 2.05) is 0 Å². The van der Waals surface area contributed by atoms with Gasteiger partial charge in [-0.1, -0.05) is 30.3 Å². The summed E-state index contributed by atoms with van der Waals surface area (Å²) in [6, 6.07) is 13.4. The maximum atomic E-state index is 11.9. The van der Waals surface area contributed by atoms with Gasteiger partial charge in [-0.3, -0.25) is 20.2 Å². The number of nitro benzene ring substituents is 2. The zero-order chi connectivity index (χ0) is 22.1. The van der Waals surface area contributed by atoms with E-state index in [1.165, 1.54) is 6.07 Å². The Kier molecular flexibility index (Phi) is 7.36. The fourth-order valence-corrected chi connectivity index (χ4v) is 3.62. The molecule has 0 spiro atoms. The number of nitrogen functional groups attached to an aromatic ring is 1. The molecule has 0 saturated carbocycles. The predicted octanol–water partition coefficient (Wildman–Crippen LogP) is 0.404. The van der Waals surface area contributed by atoms with E-state index in [4.69, 9.17) is 5.73 Å². The van der Waals surface area contributed by atoms with E-state index in [1.54, 1.807) is 30.3 Å². The molecule has 0 aromatic heterocycles. The molecule has 0 atom stereocenters. The Balaban J connectivity index is 0.00000341. The first-order chi connectivity index (χ1) is 14.1. The van der Waals surface area contributed by atoms with Crippen LogP contribution >= 0.6 is 0 Å². The second-order valence-corrected chi connectivity index (χ2v) is 7.45. The van der Waals surface area contributed by atoms with Gasteiger partial charge in [0.25, 0.3) is 11.4 Å². The number of anilines is 3. The Bertz CT molecular complexity index is 1270. The molecule has 13 heteroatoms. The third kappa shape index (κ3) is 5.37. The van der Waals surface area contributed by atoms with Gasteiger partial charge in [0.05, 0.1) is 20.8 Å². The molecule has 0 radical (unpaired) electrons. The molecule has 11 nitrogen and oxygen atoms in total. The van der Waals surface area contributed by atoms with Gasteiger partial charge in [0, 0.05) is 23.0 Å². The normalized spacial score (nSPS) is 10.7. The summed E-state index contributed by atoms with van der Waals surface area (Å²) in [6.07, 6.45) is 0. The fraction of sp³-hybridized carbons (Fsp3) is 0. The van der Waals surface area contributed by atoms with Crippen LogP contribution in [0.1, 0.15) is 0 Å². The van der Waals surface area contributed by atoms with Gasteiger partial charge < -0.3 is 15.6 Å². The minimum absolute atomic E-state index is 0. The molecule has 31 heavy (non-hydrogen) atoms. The molecule has 0 aliphatic rings. The fourth-order valence-electron chi connectivity index (χ4n) is 2.87. The summed E-state index contributed by atoms with van der Waals surface area (Å²) in [5, 5.41) is 24.8. The average molecular weight is 452 g/mol. The van der Waals surface area contributed by atoms with Gasteiger partial charge in [0.15, 0.2) is 0 Å². The van der Waals surface area contributed by atoms with E-state index in [2.05, 4.69) is 5.32 Å². The number of hydrogen-bond donors (Lipinski definition) is 2. The van der Waals surface area contributed by atoms with Crippen LogP contribution in [0, 0.1) is 20.2 Å². The monoisotopic (exact) mass is 452 g/mol. The van der Waals surface area contributed by atoms with Gasteiger partial charge in [-0.2, -0.15) is 0 Å². The van der Waals surface area contributed by atoms with Crippen molar-refractivity contribution >= 4 is 38.6 Å². The standard InChI is InChI=1S/C18H14N4O7S.Na/c19-14-8-12(20-15-7-6-13(21(23)24)10-16(15)22(25)26)9-17(30(27,28)29)18(14)11-4-2-1-3-5-11;/h1-10,20H,19H2,(H,27,28,29);/q;+1/p-1. The quantitative estimate of drug-likeness (QED) is 0.176. The number of hydrogen-bond acceptors (Lipinski definition) is 9. The molecule has 3 N–H and O–H groups in total. The van der Waals surface area contributed by atoms with Crippen LogP contribution in [0.2, 0.25) is 0 Å². The second-order valence-electron chi connectivity index (χ2n) is 6.10. The maximum absolute atomic E-state index is 11.9. The van der Waals surface area contributed by atoms with Crippen molar-refractivity contribution in [3.63, 3.8) is 0 Å². The molecule has 0 amide bonds. The third-order valence-electron chi connectivity index (χ3n) is 4.13. The number of nitro groups is 2. The van der Waals surface area contributed by atoms with Crippen molar-refractivity contribution in [1.82, 2.24) is 0 Å². The number of rotatable bonds is 6. The number of nitrogens with one attached hydrogen (secondary N) is 1. The Morgan fingerprint density at radius 3 is 2.10 bits per heavy atom. The van der Waals surface area contributed by atoms with Gasteiger partial charge in [-0.15, -0.1) is 0 Å². The summed E-state index contributed by atoms with van der Waals surface area (Å²) in [4.78, 5) is 19.9. The molecule has 3 rings (SSSR count). The van der Waals surface area contributed by atoms with Crippen LogP contribution in [-0.4, -0.2) is 22.8 Å². The minimum atomic E-state index is -4.96. The van der Waals surface area contributed by atoms with Crippen LogP contribution in [0.5, 0.6) is 0 Å². The first-order valence-corrected chi connectivity index (χ1v) is 9.63. The number of nitrogens with two attached hydrogens (primary N) is 1. The molecular formula is C18H13N4NaO7S. The van der Waals surface area contributed by atoms with Crippen molar-refractivity contribution in [1.29, 1.82) is 0 Å².